The molecule has 0 aliphatic rings. The van der Waals surface area contributed by atoms with E-state index in [1.54, 1.807) is 19.1 Å². The molecule has 0 saturated heterocycles. The predicted molar refractivity (Wildman–Crippen MR) is 106 cm³/mol. The average Bonchev–Trinajstić information content (AvgIpc) is 3.27. The number of aromatic amines is 1. The maximum Gasteiger partial charge on any atom is 0.274 e. The number of nitrogens with zero attached hydrogens (tertiary/aromatic N) is 3. The van der Waals surface area contributed by atoms with Gasteiger partial charge in [0.1, 0.15) is 17.5 Å². The fraction of sp³-hybridized carbons (Fsp3) is 0.0526. The van der Waals surface area contributed by atoms with E-state index >= 15 is 0 Å². The highest BCUT2D eigenvalue weighted by molar-refractivity contribution is 7.19. The first-order valence-corrected chi connectivity index (χ1v) is 9.16. The lowest BCUT2D eigenvalue weighted by Gasteiger charge is -2.07. The van der Waals surface area contributed by atoms with Gasteiger partial charge in [0.15, 0.2) is 0 Å². The first-order chi connectivity index (χ1) is 13.0. The molecule has 2 N–H and O–H groups in total. The Hall–Kier alpha value is -3.21. The first-order valence-electron chi connectivity index (χ1n) is 7.97. The molecule has 132 valence electrons. The largest absolute Gasteiger partial charge is 0.321 e. The number of anilines is 1. The van der Waals surface area contributed by atoms with Crippen LogP contribution in [0.15, 0.2) is 42.6 Å². The topological polar surface area (TPSA) is 94.5 Å². The minimum atomic E-state index is -0.333. The van der Waals surface area contributed by atoms with Gasteiger partial charge in [0.2, 0.25) is 0 Å². The van der Waals surface area contributed by atoms with Gasteiger partial charge in [0.25, 0.3) is 5.91 Å². The van der Waals surface area contributed by atoms with E-state index in [1.807, 2.05) is 30.3 Å². The van der Waals surface area contributed by atoms with Crippen LogP contribution in [0, 0.1) is 18.3 Å². The number of thiophene rings is 1. The number of hydrogen-bond donors (Lipinski definition) is 2. The zero-order valence-corrected chi connectivity index (χ0v) is 15.6. The van der Waals surface area contributed by atoms with Crippen LogP contribution in [0.1, 0.15) is 21.6 Å². The highest BCUT2D eigenvalue weighted by Gasteiger charge is 2.14. The van der Waals surface area contributed by atoms with E-state index in [4.69, 9.17) is 16.9 Å². The quantitative estimate of drug-likeness (QED) is 0.524. The Balaban J connectivity index is 1.66. The van der Waals surface area contributed by atoms with Crippen molar-refractivity contribution in [2.45, 2.75) is 6.92 Å². The molecular weight excluding hydrogens is 382 g/mol. The number of aryl methyl sites for hydroxylation is 1. The molecule has 0 atom stereocenters. The lowest BCUT2D eigenvalue weighted by molar-refractivity contribution is 0.102. The molecule has 4 aromatic rings. The predicted octanol–water partition coefficient (Wildman–Crippen LogP) is 4.77. The summed E-state index contributed by atoms with van der Waals surface area (Å²) in [4.78, 5) is 17.6. The number of hydrogen-bond acceptors (Lipinski definition) is 5. The fourth-order valence-corrected chi connectivity index (χ4v) is 3.83. The van der Waals surface area contributed by atoms with E-state index in [0.717, 1.165) is 21.5 Å². The van der Waals surface area contributed by atoms with Crippen molar-refractivity contribution >= 4 is 45.4 Å². The van der Waals surface area contributed by atoms with Crippen LogP contribution in [-0.4, -0.2) is 21.1 Å². The van der Waals surface area contributed by atoms with E-state index in [1.165, 1.54) is 17.5 Å². The van der Waals surface area contributed by atoms with Gasteiger partial charge >= 0.3 is 0 Å². The smallest absolute Gasteiger partial charge is 0.274 e. The number of H-pyrrole nitrogens is 1. The lowest BCUT2D eigenvalue weighted by atomic mass is 10.1. The summed E-state index contributed by atoms with van der Waals surface area (Å²) in [6, 6.07) is 12.9. The van der Waals surface area contributed by atoms with Gasteiger partial charge in [-0.05, 0) is 48.9 Å². The standard InChI is InChI=1S/C19H12ClN5OS/c1-10-6-11(8-21)9-22-17(10)19(26)23-12-2-3-14-13(7-12)18(25-24-14)15-4-5-16(20)27-15/h2-7,9H,1H3,(H,23,26)(H,24,25). The molecular formula is C19H12ClN5OS. The van der Waals surface area contributed by atoms with Crippen LogP contribution in [-0.2, 0) is 0 Å². The minimum absolute atomic E-state index is 0.284. The molecule has 0 bridgehead atoms. The van der Waals surface area contributed by atoms with E-state index in [-0.39, 0.29) is 11.6 Å². The van der Waals surface area contributed by atoms with Crippen molar-refractivity contribution in [1.82, 2.24) is 15.2 Å². The SMILES string of the molecule is Cc1cc(C#N)cnc1C(=O)Nc1ccc2[nH]nc(-c3ccc(Cl)s3)c2c1. The number of nitrogens with one attached hydrogen (secondary N) is 2. The molecule has 27 heavy (non-hydrogen) atoms. The number of carbonyl (C=O) groups is 1. The molecule has 0 unspecified atom stereocenters. The molecule has 4 rings (SSSR count). The van der Waals surface area contributed by atoms with Gasteiger partial charge in [-0.1, -0.05) is 11.6 Å². The van der Waals surface area contributed by atoms with Crippen molar-refractivity contribution in [3.05, 3.63) is 63.8 Å². The normalized spacial score (nSPS) is 10.7. The number of amides is 1. The molecule has 3 aromatic heterocycles. The molecule has 8 heteroatoms. The number of halogens is 1. The number of fused-ring (bicyclic) bond motifs is 1. The number of aromatic nitrogens is 3. The van der Waals surface area contributed by atoms with Gasteiger partial charge in [-0.25, -0.2) is 4.98 Å². The third-order valence-electron chi connectivity index (χ3n) is 4.05. The summed E-state index contributed by atoms with van der Waals surface area (Å²) in [6.07, 6.45) is 1.39. The monoisotopic (exact) mass is 393 g/mol. The van der Waals surface area contributed by atoms with Gasteiger partial charge in [-0.2, -0.15) is 10.4 Å². The van der Waals surface area contributed by atoms with Crippen LogP contribution < -0.4 is 5.32 Å². The Labute approximate surface area is 163 Å². The number of carbonyl (C=O) groups excluding carboxylic acids is 1. The van der Waals surface area contributed by atoms with Gasteiger partial charge in [0.05, 0.1) is 20.3 Å². The van der Waals surface area contributed by atoms with E-state index in [9.17, 15) is 4.79 Å². The summed E-state index contributed by atoms with van der Waals surface area (Å²) in [5.41, 5.74) is 3.62. The van der Waals surface area contributed by atoms with Crippen molar-refractivity contribution in [2.24, 2.45) is 0 Å². The van der Waals surface area contributed by atoms with Crippen molar-refractivity contribution < 1.29 is 4.79 Å². The average molecular weight is 394 g/mol. The first kappa shape index (κ1) is 17.2. The zero-order valence-electron chi connectivity index (χ0n) is 14.1. The molecule has 0 radical (unpaired) electrons. The molecule has 1 aromatic carbocycles. The maximum atomic E-state index is 12.6. The molecule has 0 spiro atoms. The van der Waals surface area contributed by atoms with Gasteiger partial charge in [-0.3, -0.25) is 9.89 Å². The Morgan fingerprint density at radius 1 is 1.30 bits per heavy atom. The van der Waals surface area contributed by atoms with Crippen molar-refractivity contribution in [2.75, 3.05) is 5.32 Å². The summed E-state index contributed by atoms with van der Waals surface area (Å²) in [7, 11) is 0. The summed E-state index contributed by atoms with van der Waals surface area (Å²) in [5.74, 6) is -0.333. The van der Waals surface area contributed by atoms with E-state index in [2.05, 4.69) is 20.5 Å². The second-order valence-electron chi connectivity index (χ2n) is 5.89. The van der Waals surface area contributed by atoms with Crippen LogP contribution in [0.2, 0.25) is 4.34 Å². The van der Waals surface area contributed by atoms with Crippen LogP contribution in [0.5, 0.6) is 0 Å². The molecule has 1 amide bonds. The zero-order chi connectivity index (χ0) is 19.0. The second-order valence-corrected chi connectivity index (χ2v) is 7.61. The third-order valence-corrected chi connectivity index (χ3v) is 5.29. The Morgan fingerprint density at radius 2 is 2.15 bits per heavy atom. The van der Waals surface area contributed by atoms with Gasteiger partial charge < -0.3 is 5.32 Å². The molecule has 0 aliphatic carbocycles. The highest BCUT2D eigenvalue weighted by atomic mass is 35.5. The van der Waals surface area contributed by atoms with Crippen LogP contribution >= 0.6 is 22.9 Å². The molecule has 3 heterocycles. The summed E-state index contributed by atoms with van der Waals surface area (Å²) < 4.78 is 0.688. The van der Waals surface area contributed by atoms with Crippen molar-refractivity contribution in [3.63, 3.8) is 0 Å². The minimum Gasteiger partial charge on any atom is -0.321 e. The second kappa shape index (κ2) is 6.83. The van der Waals surface area contributed by atoms with Crippen LogP contribution in [0.3, 0.4) is 0 Å². The van der Waals surface area contributed by atoms with E-state index < -0.39 is 0 Å². The highest BCUT2D eigenvalue weighted by Crippen LogP contribution is 2.34. The van der Waals surface area contributed by atoms with Crippen molar-refractivity contribution in [3.8, 4) is 16.6 Å². The third kappa shape index (κ3) is 3.28. The summed E-state index contributed by atoms with van der Waals surface area (Å²) in [6.45, 7) is 1.75. The fourth-order valence-electron chi connectivity index (χ4n) is 2.79. The van der Waals surface area contributed by atoms with Crippen LogP contribution in [0.25, 0.3) is 21.5 Å². The number of pyridine rings is 1. The molecule has 0 fully saturated rings. The summed E-state index contributed by atoms with van der Waals surface area (Å²) >= 11 is 7.47. The summed E-state index contributed by atoms with van der Waals surface area (Å²) in [5, 5.41) is 20.0. The Kier molecular flexibility index (Phi) is 4.36. The Morgan fingerprint density at radius 3 is 2.85 bits per heavy atom. The molecule has 0 aliphatic heterocycles. The van der Waals surface area contributed by atoms with Gasteiger partial charge in [0, 0.05) is 17.3 Å². The molecule has 0 saturated carbocycles. The van der Waals surface area contributed by atoms with Crippen molar-refractivity contribution in [1.29, 1.82) is 5.26 Å². The number of nitriles is 1. The number of rotatable bonds is 3. The maximum absolute atomic E-state index is 12.6. The number of benzene rings is 1. The lowest BCUT2D eigenvalue weighted by Crippen LogP contribution is -2.15. The van der Waals surface area contributed by atoms with Gasteiger partial charge in [-0.15, -0.1) is 11.3 Å². The molecule has 6 nitrogen and oxygen atoms in total. The van der Waals surface area contributed by atoms with Crippen LogP contribution in [0.4, 0.5) is 5.69 Å². The Bertz CT molecular complexity index is 1220. The van der Waals surface area contributed by atoms with E-state index in [0.29, 0.717) is 21.2 Å².